The summed E-state index contributed by atoms with van der Waals surface area (Å²) < 4.78 is 16.1. The minimum Gasteiger partial charge on any atom is -0.493 e. The lowest BCUT2D eigenvalue weighted by atomic mass is 10.1. The van der Waals surface area contributed by atoms with Gasteiger partial charge in [0.25, 0.3) is 0 Å². The topological polar surface area (TPSA) is 43.6 Å². The number of furan rings is 1. The molecular weight excluding hydrogens is 266 g/mol. The molecule has 0 aliphatic carbocycles. The number of hydrogen-bond donors (Lipinski definition) is 1. The number of ether oxygens (including phenoxy) is 2. The first kappa shape index (κ1) is 15.4. The van der Waals surface area contributed by atoms with Crippen molar-refractivity contribution in [1.82, 2.24) is 5.32 Å². The van der Waals surface area contributed by atoms with Crippen molar-refractivity contribution in [3.8, 4) is 11.5 Å². The second-order valence-corrected chi connectivity index (χ2v) is 5.19. The highest BCUT2D eigenvalue weighted by Gasteiger charge is 2.08. The third-order valence-electron chi connectivity index (χ3n) is 3.41. The third-order valence-corrected chi connectivity index (χ3v) is 3.41. The fourth-order valence-corrected chi connectivity index (χ4v) is 2.29. The van der Waals surface area contributed by atoms with E-state index in [-0.39, 0.29) is 0 Å². The number of hydrogen-bond acceptors (Lipinski definition) is 4. The molecule has 0 bridgehead atoms. The van der Waals surface area contributed by atoms with Crippen LogP contribution in [0.3, 0.4) is 0 Å². The molecule has 0 radical (unpaired) electrons. The van der Waals surface area contributed by atoms with Gasteiger partial charge in [-0.25, -0.2) is 0 Å². The van der Waals surface area contributed by atoms with Crippen molar-refractivity contribution >= 4 is 0 Å². The summed E-state index contributed by atoms with van der Waals surface area (Å²) >= 11 is 0. The number of nitrogens with one attached hydrogen (secondary N) is 1. The Morgan fingerprint density at radius 3 is 2.48 bits per heavy atom. The molecule has 21 heavy (non-hydrogen) atoms. The van der Waals surface area contributed by atoms with Crippen molar-refractivity contribution in [2.75, 3.05) is 14.2 Å². The SMILES string of the molecule is COc1ccc(CC(C)NCc2ccc(C)o2)cc1OC. The minimum atomic E-state index is 0.341. The predicted molar refractivity (Wildman–Crippen MR) is 83.0 cm³/mol. The molecule has 0 spiro atoms. The van der Waals surface area contributed by atoms with E-state index in [9.17, 15) is 0 Å². The van der Waals surface area contributed by atoms with Gasteiger partial charge in [-0.15, -0.1) is 0 Å². The lowest BCUT2D eigenvalue weighted by Gasteiger charge is -2.14. The molecule has 1 aromatic heterocycles. The van der Waals surface area contributed by atoms with Gasteiger partial charge in [0.1, 0.15) is 11.5 Å². The molecular formula is C17H23NO3. The summed E-state index contributed by atoms with van der Waals surface area (Å²) in [4.78, 5) is 0. The number of aryl methyl sites for hydroxylation is 1. The number of methoxy groups -OCH3 is 2. The summed E-state index contributed by atoms with van der Waals surface area (Å²) in [5, 5.41) is 3.46. The molecule has 4 heteroatoms. The van der Waals surface area contributed by atoms with Gasteiger partial charge in [0.2, 0.25) is 0 Å². The summed E-state index contributed by atoms with van der Waals surface area (Å²) in [6.45, 7) is 4.85. The van der Waals surface area contributed by atoms with Crippen molar-refractivity contribution in [2.45, 2.75) is 32.9 Å². The van der Waals surface area contributed by atoms with Crippen LogP contribution in [0.25, 0.3) is 0 Å². The van der Waals surface area contributed by atoms with Crippen LogP contribution in [0.1, 0.15) is 24.0 Å². The fourth-order valence-electron chi connectivity index (χ4n) is 2.29. The molecule has 0 amide bonds. The first-order valence-corrected chi connectivity index (χ1v) is 7.12. The second-order valence-electron chi connectivity index (χ2n) is 5.19. The van der Waals surface area contributed by atoms with Crippen molar-refractivity contribution < 1.29 is 13.9 Å². The molecule has 1 aromatic carbocycles. The van der Waals surface area contributed by atoms with E-state index in [0.29, 0.717) is 6.04 Å². The van der Waals surface area contributed by atoms with Crippen LogP contribution in [-0.4, -0.2) is 20.3 Å². The largest absolute Gasteiger partial charge is 0.493 e. The highest BCUT2D eigenvalue weighted by atomic mass is 16.5. The lowest BCUT2D eigenvalue weighted by molar-refractivity contribution is 0.354. The Morgan fingerprint density at radius 1 is 1.10 bits per heavy atom. The predicted octanol–water partition coefficient (Wildman–Crippen LogP) is 3.33. The van der Waals surface area contributed by atoms with Crippen molar-refractivity contribution in [3.05, 3.63) is 47.4 Å². The highest BCUT2D eigenvalue weighted by Crippen LogP contribution is 2.27. The molecule has 1 heterocycles. The quantitative estimate of drug-likeness (QED) is 0.849. The van der Waals surface area contributed by atoms with E-state index in [4.69, 9.17) is 13.9 Å². The molecule has 1 N–H and O–H groups in total. The summed E-state index contributed by atoms with van der Waals surface area (Å²) in [6, 6.07) is 10.4. The zero-order chi connectivity index (χ0) is 15.2. The van der Waals surface area contributed by atoms with E-state index in [1.54, 1.807) is 14.2 Å². The molecule has 0 saturated carbocycles. The lowest BCUT2D eigenvalue weighted by Crippen LogP contribution is -2.27. The van der Waals surface area contributed by atoms with E-state index < -0.39 is 0 Å². The van der Waals surface area contributed by atoms with Gasteiger partial charge >= 0.3 is 0 Å². The molecule has 0 fully saturated rings. The third kappa shape index (κ3) is 4.26. The Bertz CT molecular complexity index is 577. The van der Waals surface area contributed by atoms with Gasteiger partial charge in [-0.3, -0.25) is 0 Å². The average Bonchev–Trinajstić information content (AvgIpc) is 2.90. The molecule has 4 nitrogen and oxygen atoms in total. The van der Waals surface area contributed by atoms with Gasteiger partial charge < -0.3 is 19.2 Å². The molecule has 0 aliphatic heterocycles. The molecule has 0 aliphatic rings. The van der Waals surface area contributed by atoms with Crippen LogP contribution in [0.5, 0.6) is 11.5 Å². The van der Waals surface area contributed by atoms with Crippen molar-refractivity contribution in [3.63, 3.8) is 0 Å². The van der Waals surface area contributed by atoms with E-state index in [1.165, 1.54) is 5.56 Å². The first-order chi connectivity index (χ1) is 10.1. The second kappa shape index (κ2) is 7.18. The highest BCUT2D eigenvalue weighted by molar-refractivity contribution is 5.43. The zero-order valence-electron chi connectivity index (χ0n) is 13.1. The molecule has 2 aromatic rings. The normalized spacial score (nSPS) is 12.2. The van der Waals surface area contributed by atoms with Crippen LogP contribution in [0.4, 0.5) is 0 Å². The Labute approximate surface area is 126 Å². The van der Waals surface area contributed by atoms with Gasteiger partial charge in [0.05, 0.1) is 20.8 Å². The summed E-state index contributed by atoms with van der Waals surface area (Å²) in [6.07, 6.45) is 0.917. The van der Waals surface area contributed by atoms with E-state index in [2.05, 4.69) is 18.3 Å². The van der Waals surface area contributed by atoms with E-state index >= 15 is 0 Å². The standard InChI is InChI=1S/C17H23NO3/c1-12(18-11-15-7-5-13(2)21-15)9-14-6-8-16(19-3)17(10-14)20-4/h5-8,10,12,18H,9,11H2,1-4H3. The molecule has 2 rings (SSSR count). The Balaban J connectivity index is 1.91. The minimum absolute atomic E-state index is 0.341. The molecule has 114 valence electrons. The fraction of sp³-hybridized carbons (Fsp3) is 0.412. The van der Waals surface area contributed by atoms with Gasteiger partial charge in [-0.05, 0) is 50.1 Å². The van der Waals surface area contributed by atoms with E-state index in [1.807, 2.05) is 31.2 Å². The van der Waals surface area contributed by atoms with Crippen molar-refractivity contribution in [1.29, 1.82) is 0 Å². The summed E-state index contributed by atoms with van der Waals surface area (Å²) in [5.41, 5.74) is 1.21. The number of benzene rings is 1. The first-order valence-electron chi connectivity index (χ1n) is 7.12. The van der Waals surface area contributed by atoms with Crippen LogP contribution in [-0.2, 0) is 13.0 Å². The maximum atomic E-state index is 5.55. The smallest absolute Gasteiger partial charge is 0.160 e. The molecule has 1 atom stereocenters. The summed E-state index contributed by atoms with van der Waals surface area (Å²) in [7, 11) is 3.30. The molecule has 0 saturated heterocycles. The van der Waals surface area contributed by atoms with Gasteiger partial charge in [0.15, 0.2) is 11.5 Å². The van der Waals surface area contributed by atoms with Crippen LogP contribution < -0.4 is 14.8 Å². The average molecular weight is 289 g/mol. The Kier molecular flexibility index (Phi) is 5.28. The number of rotatable bonds is 7. The van der Waals surface area contributed by atoms with Crippen LogP contribution in [0.15, 0.2) is 34.7 Å². The van der Waals surface area contributed by atoms with Gasteiger partial charge in [-0.1, -0.05) is 6.07 Å². The maximum Gasteiger partial charge on any atom is 0.160 e. The van der Waals surface area contributed by atoms with Gasteiger partial charge in [0, 0.05) is 6.04 Å². The summed E-state index contributed by atoms with van der Waals surface area (Å²) in [5.74, 6) is 3.43. The van der Waals surface area contributed by atoms with E-state index in [0.717, 1.165) is 36.0 Å². The van der Waals surface area contributed by atoms with Crippen LogP contribution >= 0.6 is 0 Å². The van der Waals surface area contributed by atoms with Crippen LogP contribution in [0.2, 0.25) is 0 Å². The Morgan fingerprint density at radius 2 is 1.86 bits per heavy atom. The maximum absolute atomic E-state index is 5.55. The monoisotopic (exact) mass is 289 g/mol. The molecule has 1 unspecified atom stereocenters. The van der Waals surface area contributed by atoms with Crippen molar-refractivity contribution in [2.24, 2.45) is 0 Å². The van der Waals surface area contributed by atoms with Crippen LogP contribution in [0, 0.1) is 6.92 Å². The zero-order valence-corrected chi connectivity index (χ0v) is 13.1. The van der Waals surface area contributed by atoms with Gasteiger partial charge in [-0.2, -0.15) is 0 Å². The Hall–Kier alpha value is -1.94.